The van der Waals surface area contributed by atoms with Crippen molar-refractivity contribution in [2.45, 2.75) is 0 Å². The van der Waals surface area contributed by atoms with Gasteiger partial charge in [0.2, 0.25) is 4.70 Å². The molecule has 0 fully saturated rings. The Hall–Kier alpha value is -4.02. The summed E-state index contributed by atoms with van der Waals surface area (Å²) in [6.45, 7) is 0. The van der Waals surface area contributed by atoms with Gasteiger partial charge in [0, 0.05) is 22.0 Å². The van der Waals surface area contributed by atoms with Crippen molar-refractivity contribution in [3.05, 3.63) is 103 Å². The van der Waals surface area contributed by atoms with Crippen molar-refractivity contribution >= 4 is 52.6 Å². The lowest BCUT2D eigenvalue weighted by Gasteiger charge is -2.08. The highest BCUT2D eigenvalue weighted by atomic mass is 32.2. The number of para-hydroxylation sites is 2. The van der Waals surface area contributed by atoms with Gasteiger partial charge in [0.05, 0.1) is 22.6 Å². The molecule has 1 atom stereocenters. The maximum absolute atomic E-state index is 5.00. The minimum Gasteiger partial charge on any atom is -0.309 e. The van der Waals surface area contributed by atoms with Gasteiger partial charge in [-0.25, -0.2) is 9.97 Å². The van der Waals surface area contributed by atoms with Crippen LogP contribution in [0.15, 0.2) is 103 Å². The lowest BCUT2D eigenvalue weighted by atomic mass is 10.1. The number of fused-ring (bicyclic) bond motifs is 6. The average Bonchev–Trinajstić information content (AvgIpc) is 3.37. The molecule has 156 valence electrons. The largest absolute Gasteiger partial charge is 0.309 e. The summed E-state index contributed by atoms with van der Waals surface area (Å²) < 4.78 is 4.93. The van der Waals surface area contributed by atoms with Crippen molar-refractivity contribution in [1.82, 2.24) is 14.5 Å². The fourth-order valence-corrected chi connectivity index (χ4v) is 6.61. The molecule has 0 saturated heterocycles. The summed E-state index contributed by atoms with van der Waals surface area (Å²) in [6, 6.07) is 34.4. The molecule has 3 nitrogen and oxygen atoms in total. The maximum Gasteiger partial charge on any atom is 0.218 e. The van der Waals surface area contributed by atoms with Crippen LogP contribution in [0, 0.1) is 0 Å². The van der Waals surface area contributed by atoms with Crippen molar-refractivity contribution < 1.29 is 0 Å². The number of thiophene rings is 1. The van der Waals surface area contributed by atoms with E-state index < -0.39 is 0 Å². The lowest BCUT2D eigenvalue weighted by Crippen LogP contribution is -1.94. The van der Waals surface area contributed by atoms with Gasteiger partial charge in [-0.3, -0.25) is 0 Å². The van der Waals surface area contributed by atoms with Gasteiger partial charge in [-0.15, -0.1) is 0 Å². The molecule has 0 aliphatic heterocycles. The van der Waals surface area contributed by atoms with E-state index in [4.69, 9.17) is 9.97 Å². The number of aryl methyl sites for hydroxylation is 1. The van der Waals surface area contributed by atoms with Crippen molar-refractivity contribution in [2.75, 3.05) is 0 Å². The number of hydrogen-bond acceptors (Lipinski definition) is 2. The molecule has 1 unspecified atom stereocenters. The lowest BCUT2D eigenvalue weighted by molar-refractivity contribution is 1.17. The van der Waals surface area contributed by atoms with Gasteiger partial charge in [0.15, 0.2) is 10.5 Å². The first kappa shape index (κ1) is 18.5. The second-order valence-corrected chi connectivity index (χ2v) is 10.2. The molecule has 0 aliphatic carbocycles. The Balaban J connectivity index is 1.38. The third-order valence-corrected chi connectivity index (χ3v) is 8.50. The summed E-state index contributed by atoms with van der Waals surface area (Å²) in [4.78, 5) is 9.73. The summed E-state index contributed by atoms with van der Waals surface area (Å²) in [5.74, 6) is 0.774. The normalized spacial score (nSPS) is 12.3. The van der Waals surface area contributed by atoms with Gasteiger partial charge < -0.3 is 4.57 Å². The van der Waals surface area contributed by atoms with Crippen LogP contribution in [0.25, 0.3) is 59.2 Å². The average molecular weight is 443 g/mol. The van der Waals surface area contributed by atoms with E-state index in [0.717, 1.165) is 22.6 Å². The molecule has 3 aromatic heterocycles. The van der Waals surface area contributed by atoms with Crippen LogP contribution in [0.2, 0.25) is 0 Å². The molecule has 0 spiro atoms. The second kappa shape index (κ2) is 6.99. The molecular weight excluding hydrogens is 422 g/mol. The maximum atomic E-state index is 5.00. The van der Waals surface area contributed by atoms with E-state index >= 15 is 0 Å². The Labute approximate surface area is 193 Å². The minimum atomic E-state index is 0.0333. The zero-order chi connectivity index (χ0) is 21.9. The van der Waals surface area contributed by atoms with Gasteiger partial charge in [-0.1, -0.05) is 48.5 Å². The number of nitrogens with zero attached hydrogens (tertiary/aromatic N) is 3. The fourth-order valence-electron chi connectivity index (χ4n) is 4.93. The first-order valence-electron chi connectivity index (χ1n) is 11.0. The molecular formula is C29H20N3S+. The minimum absolute atomic E-state index is 0.0333. The van der Waals surface area contributed by atoms with Crippen LogP contribution < -0.4 is 0 Å². The first-order valence-corrected chi connectivity index (χ1v) is 12.6. The summed E-state index contributed by atoms with van der Waals surface area (Å²) in [6.07, 6.45) is 4.27. The predicted molar refractivity (Wildman–Crippen MR) is 140 cm³/mol. The molecule has 4 heteroatoms. The predicted octanol–water partition coefficient (Wildman–Crippen LogP) is 7.83. The van der Waals surface area contributed by atoms with Crippen molar-refractivity contribution in [3.8, 4) is 17.1 Å². The second-order valence-electron chi connectivity index (χ2n) is 8.33. The van der Waals surface area contributed by atoms with Gasteiger partial charge in [0.25, 0.3) is 0 Å². The van der Waals surface area contributed by atoms with E-state index in [2.05, 4.69) is 108 Å². The zero-order valence-corrected chi connectivity index (χ0v) is 18.9. The van der Waals surface area contributed by atoms with Crippen LogP contribution in [0.1, 0.15) is 0 Å². The smallest absolute Gasteiger partial charge is 0.218 e. The van der Waals surface area contributed by atoms with Gasteiger partial charge in [-0.2, -0.15) is 0 Å². The first-order chi connectivity index (χ1) is 16.3. The number of benzene rings is 4. The van der Waals surface area contributed by atoms with Gasteiger partial charge >= 0.3 is 0 Å². The van der Waals surface area contributed by atoms with E-state index in [0.29, 0.717) is 0 Å². The van der Waals surface area contributed by atoms with Crippen LogP contribution in [0.4, 0.5) is 0 Å². The number of aromatic nitrogens is 3. The molecule has 0 bridgehead atoms. The quantitative estimate of drug-likeness (QED) is 0.255. The fraction of sp³-hybridized carbons (Fsp3) is 0.0345. The Morgan fingerprint density at radius 3 is 1.94 bits per heavy atom. The SMILES string of the molecule is C[s+]1c2ccccc2c2nc(-c3ccc(-n4c5ccccc5c5ccccc54)cc3)ncc21. The van der Waals surface area contributed by atoms with Crippen molar-refractivity contribution in [3.63, 3.8) is 0 Å². The van der Waals surface area contributed by atoms with E-state index in [1.54, 1.807) is 0 Å². The Morgan fingerprint density at radius 2 is 1.24 bits per heavy atom. The highest BCUT2D eigenvalue weighted by Crippen LogP contribution is 2.40. The third-order valence-electron chi connectivity index (χ3n) is 6.52. The van der Waals surface area contributed by atoms with Crippen LogP contribution in [0.3, 0.4) is 0 Å². The molecule has 0 aliphatic rings. The molecule has 4 aromatic carbocycles. The molecule has 0 N–H and O–H groups in total. The van der Waals surface area contributed by atoms with E-state index in [1.165, 1.54) is 36.6 Å². The van der Waals surface area contributed by atoms with Crippen LogP contribution >= 0.6 is 10.5 Å². The third kappa shape index (κ3) is 2.68. The Kier molecular flexibility index (Phi) is 3.93. The molecule has 7 aromatic rings. The number of rotatable bonds is 2. The molecule has 0 radical (unpaired) electrons. The van der Waals surface area contributed by atoms with E-state index in [-0.39, 0.29) is 10.5 Å². The summed E-state index contributed by atoms with van der Waals surface area (Å²) in [7, 11) is 0.0333. The van der Waals surface area contributed by atoms with Crippen LogP contribution in [0.5, 0.6) is 0 Å². The highest BCUT2D eigenvalue weighted by Gasteiger charge is 2.20. The van der Waals surface area contributed by atoms with Gasteiger partial charge in [-0.05, 0) is 59.0 Å². The number of hydrogen-bond donors (Lipinski definition) is 0. The highest BCUT2D eigenvalue weighted by molar-refractivity contribution is 7.41. The molecule has 33 heavy (non-hydrogen) atoms. The molecule has 0 amide bonds. The standard InChI is InChI=1S/C29H20N3S/c1-33-26-13-7-4-10-23(26)28-27(33)18-30-29(31-28)19-14-16-20(17-15-19)32-24-11-5-2-8-21(24)22-9-3-6-12-25(22)32/h2-18H,1H3/q+1. The molecule has 0 saturated carbocycles. The Bertz CT molecular complexity index is 1770. The summed E-state index contributed by atoms with van der Waals surface area (Å²) >= 11 is 0. The van der Waals surface area contributed by atoms with Crippen LogP contribution in [-0.4, -0.2) is 14.5 Å². The van der Waals surface area contributed by atoms with Crippen molar-refractivity contribution in [1.29, 1.82) is 0 Å². The Morgan fingerprint density at radius 1 is 0.636 bits per heavy atom. The summed E-state index contributed by atoms with van der Waals surface area (Å²) in [5, 5.41) is 3.78. The van der Waals surface area contributed by atoms with Crippen LogP contribution in [-0.2, 0) is 6.26 Å². The monoisotopic (exact) mass is 442 g/mol. The van der Waals surface area contributed by atoms with Crippen molar-refractivity contribution in [2.24, 2.45) is 6.26 Å². The van der Waals surface area contributed by atoms with E-state index in [9.17, 15) is 0 Å². The topological polar surface area (TPSA) is 30.7 Å². The molecule has 3 heterocycles. The van der Waals surface area contributed by atoms with Gasteiger partial charge in [0.1, 0.15) is 11.8 Å². The zero-order valence-electron chi connectivity index (χ0n) is 18.1. The van der Waals surface area contributed by atoms with E-state index in [1.807, 2.05) is 6.20 Å². The molecule has 7 rings (SSSR count). The summed E-state index contributed by atoms with van der Waals surface area (Å²) in [5.41, 5.74) is 5.67.